The zero-order valence-electron chi connectivity index (χ0n) is 24.4. The summed E-state index contributed by atoms with van der Waals surface area (Å²) >= 11 is 18.4. The summed E-state index contributed by atoms with van der Waals surface area (Å²) in [5.41, 5.74) is -2.17. The van der Waals surface area contributed by atoms with Crippen LogP contribution in [0.3, 0.4) is 0 Å². The van der Waals surface area contributed by atoms with Gasteiger partial charge in [0.15, 0.2) is 0 Å². The summed E-state index contributed by atoms with van der Waals surface area (Å²) in [7, 11) is 0. The van der Waals surface area contributed by atoms with E-state index >= 15 is 0 Å². The summed E-state index contributed by atoms with van der Waals surface area (Å²) in [5.74, 6) is -8.78. The molecule has 0 saturated carbocycles. The van der Waals surface area contributed by atoms with E-state index in [1.807, 2.05) is 0 Å². The third-order valence-electron chi connectivity index (χ3n) is 5.51. The predicted molar refractivity (Wildman–Crippen MR) is 199 cm³/mol. The van der Waals surface area contributed by atoms with Gasteiger partial charge in [-0.3, -0.25) is 0 Å². The standard InChI is InChI=1S/C9H6O6.3C7H4Br2O3/c10-7(11)4-2-1-3-5(8(12)13)6(4)9(14)15;3*8-3-1-4(7(11)12)6(10)5(9)2-3/h1-3H,(H,10,11)(H,12,13)(H,14,15);3*1-2,10H,(H,11,12). The molecule has 4 rings (SSSR count). The Morgan fingerprint density at radius 1 is 0.373 bits per heavy atom. The van der Waals surface area contributed by atoms with Crippen molar-refractivity contribution >= 4 is 131 Å². The molecule has 4 aromatic rings. The summed E-state index contributed by atoms with van der Waals surface area (Å²) < 4.78 is 2.87. The third-order valence-corrected chi connectivity index (χ3v) is 8.70. The molecule has 4 aromatic carbocycles. The van der Waals surface area contributed by atoms with E-state index in [1.165, 1.54) is 24.3 Å². The lowest BCUT2D eigenvalue weighted by Crippen LogP contribution is -2.14. The number of aromatic carboxylic acids is 6. The zero-order chi connectivity index (χ0) is 39.5. The van der Waals surface area contributed by atoms with Gasteiger partial charge in [0.1, 0.15) is 33.9 Å². The maximum atomic E-state index is 10.7. The van der Waals surface area contributed by atoms with Crippen molar-refractivity contribution in [3.8, 4) is 17.2 Å². The van der Waals surface area contributed by atoms with Gasteiger partial charge < -0.3 is 46.0 Å². The first-order valence-corrected chi connectivity index (χ1v) is 17.3. The van der Waals surface area contributed by atoms with Crippen LogP contribution in [0.1, 0.15) is 62.1 Å². The smallest absolute Gasteiger partial charge is 0.339 e. The average molecular weight is 1100 g/mol. The average Bonchev–Trinajstić information content (AvgIpc) is 3.02. The SMILES string of the molecule is O=C(O)c1cc(Br)cc(Br)c1O.O=C(O)c1cc(Br)cc(Br)c1O.O=C(O)c1cc(Br)cc(Br)c1O.O=C(O)c1cccc(C(=O)O)c1C(=O)O. The van der Waals surface area contributed by atoms with Crippen molar-refractivity contribution in [3.63, 3.8) is 0 Å². The first-order valence-electron chi connectivity index (χ1n) is 12.6. The van der Waals surface area contributed by atoms with Gasteiger partial charge in [-0.15, -0.1) is 0 Å². The monoisotopic (exact) mass is 1090 g/mol. The fourth-order valence-corrected chi connectivity index (χ4v) is 7.00. The minimum absolute atomic E-state index is 0.128. The van der Waals surface area contributed by atoms with Gasteiger partial charge in [0.25, 0.3) is 0 Å². The van der Waals surface area contributed by atoms with Crippen LogP contribution >= 0.6 is 95.6 Å². The second-order valence-electron chi connectivity index (χ2n) is 8.91. The molecule has 0 unspecified atom stereocenters. The number of hydrogen-bond donors (Lipinski definition) is 9. The number of halogens is 6. The number of phenols is 3. The molecule has 0 fully saturated rings. The van der Waals surface area contributed by atoms with Crippen LogP contribution in [-0.2, 0) is 0 Å². The van der Waals surface area contributed by atoms with Crippen LogP contribution in [0.5, 0.6) is 17.2 Å². The number of carboxylic acid groups (broad SMARTS) is 6. The minimum atomic E-state index is -1.58. The molecule has 0 aliphatic carbocycles. The zero-order valence-corrected chi connectivity index (χ0v) is 34.0. The molecule has 0 heterocycles. The Hall–Kier alpha value is -4.02. The Labute approximate surface area is 335 Å². The third kappa shape index (κ3) is 13.2. The Balaban J connectivity index is 0.000000342. The number of carboxylic acids is 6. The van der Waals surface area contributed by atoms with Crippen LogP contribution in [-0.4, -0.2) is 81.8 Å². The summed E-state index contributed by atoms with van der Waals surface area (Å²) in [5, 5.41) is 79.6. The van der Waals surface area contributed by atoms with Gasteiger partial charge in [-0.25, -0.2) is 28.8 Å². The van der Waals surface area contributed by atoms with Crippen LogP contribution < -0.4 is 0 Å². The number of hydrogen-bond acceptors (Lipinski definition) is 9. The van der Waals surface area contributed by atoms with Gasteiger partial charge in [0, 0.05) is 13.4 Å². The highest BCUT2D eigenvalue weighted by Crippen LogP contribution is 2.33. The first kappa shape index (κ1) is 45.0. The van der Waals surface area contributed by atoms with Gasteiger partial charge in [-0.1, -0.05) is 53.9 Å². The largest absolute Gasteiger partial charge is 0.506 e. The summed E-state index contributed by atoms with van der Waals surface area (Å²) in [4.78, 5) is 63.6. The van der Waals surface area contributed by atoms with Gasteiger partial charge in [-0.05, 0) is 96.3 Å². The highest BCUT2D eigenvalue weighted by Gasteiger charge is 2.23. The molecule has 0 saturated heterocycles. The van der Waals surface area contributed by atoms with Gasteiger partial charge in [0.2, 0.25) is 0 Å². The maximum absolute atomic E-state index is 10.7. The summed E-state index contributed by atoms with van der Waals surface area (Å²) in [6.45, 7) is 0. The fourth-order valence-electron chi connectivity index (χ4n) is 3.33. The van der Waals surface area contributed by atoms with Crippen molar-refractivity contribution < 1.29 is 74.7 Å². The first-order chi connectivity index (χ1) is 23.5. The molecule has 15 nitrogen and oxygen atoms in total. The topological polar surface area (TPSA) is 284 Å². The van der Waals surface area contributed by atoms with Crippen molar-refractivity contribution in [2.75, 3.05) is 0 Å². The molecule has 9 N–H and O–H groups in total. The second-order valence-corrected chi connectivity index (χ2v) is 14.2. The van der Waals surface area contributed by atoms with E-state index in [2.05, 4.69) is 95.6 Å². The van der Waals surface area contributed by atoms with Gasteiger partial charge in [-0.2, -0.15) is 0 Å². The number of benzene rings is 4. The molecule has 0 bridgehead atoms. The van der Waals surface area contributed by atoms with E-state index in [1.54, 1.807) is 18.2 Å². The number of carbonyl (C=O) groups is 6. The van der Waals surface area contributed by atoms with E-state index in [-0.39, 0.29) is 33.9 Å². The molecule has 0 amide bonds. The van der Waals surface area contributed by atoms with Crippen molar-refractivity contribution in [3.05, 3.63) is 115 Å². The van der Waals surface area contributed by atoms with Crippen LogP contribution in [0.15, 0.2) is 81.4 Å². The lowest BCUT2D eigenvalue weighted by atomic mass is 10.0. The van der Waals surface area contributed by atoms with E-state index in [9.17, 15) is 44.1 Å². The van der Waals surface area contributed by atoms with Gasteiger partial charge >= 0.3 is 35.8 Å². The van der Waals surface area contributed by atoms with Crippen LogP contribution in [0.4, 0.5) is 0 Å². The Kier molecular flexibility index (Phi) is 17.8. The molecule has 51 heavy (non-hydrogen) atoms. The summed E-state index contributed by atoms with van der Waals surface area (Å²) in [6, 6.07) is 12.0. The highest BCUT2D eigenvalue weighted by molar-refractivity contribution is 9.11. The Bertz CT molecular complexity index is 1840. The van der Waals surface area contributed by atoms with E-state index in [0.717, 1.165) is 12.1 Å². The summed E-state index contributed by atoms with van der Waals surface area (Å²) in [6.07, 6.45) is 0. The molecule has 0 spiro atoms. The number of rotatable bonds is 6. The van der Waals surface area contributed by atoms with Crippen molar-refractivity contribution in [2.24, 2.45) is 0 Å². The quantitative estimate of drug-likeness (QED) is 0.0874. The van der Waals surface area contributed by atoms with E-state index < -0.39 is 52.5 Å². The molecule has 21 heteroatoms. The Morgan fingerprint density at radius 2 is 0.608 bits per heavy atom. The molecule has 0 aliphatic heterocycles. The molecule has 270 valence electrons. The normalized spacial score (nSPS) is 9.76. The molecule has 0 radical (unpaired) electrons. The fraction of sp³-hybridized carbons (Fsp3) is 0. The van der Waals surface area contributed by atoms with Crippen molar-refractivity contribution in [2.45, 2.75) is 0 Å². The van der Waals surface area contributed by atoms with E-state index in [0.29, 0.717) is 26.8 Å². The highest BCUT2D eigenvalue weighted by atomic mass is 79.9. The molecular formula is C30H18Br6O15. The van der Waals surface area contributed by atoms with Gasteiger partial charge in [0.05, 0.1) is 30.1 Å². The minimum Gasteiger partial charge on any atom is -0.506 e. The van der Waals surface area contributed by atoms with Crippen LogP contribution in [0, 0.1) is 0 Å². The number of aromatic hydroxyl groups is 3. The van der Waals surface area contributed by atoms with Crippen molar-refractivity contribution in [1.29, 1.82) is 0 Å². The molecule has 0 aliphatic rings. The molecule has 0 atom stereocenters. The Morgan fingerprint density at radius 3 is 0.804 bits per heavy atom. The lowest BCUT2D eigenvalue weighted by Gasteiger charge is -2.04. The maximum Gasteiger partial charge on any atom is 0.339 e. The lowest BCUT2D eigenvalue weighted by molar-refractivity contribution is 0.0633. The van der Waals surface area contributed by atoms with Crippen molar-refractivity contribution in [1.82, 2.24) is 0 Å². The molecular weight excluding hydrogens is 1080 g/mol. The second kappa shape index (κ2) is 20.1. The van der Waals surface area contributed by atoms with Crippen LogP contribution in [0.2, 0.25) is 0 Å². The van der Waals surface area contributed by atoms with Crippen LogP contribution in [0.25, 0.3) is 0 Å². The van der Waals surface area contributed by atoms with E-state index in [4.69, 9.17) is 30.6 Å². The predicted octanol–water partition coefficient (Wildman–Crippen LogP) is 8.63. The molecule has 0 aromatic heterocycles.